The zero-order chi connectivity index (χ0) is 19.7. The molecule has 0 bridgehead atoms. The maximum atomic E-state index is 13.0. The first-order chi connectivity index (χ1) is 13.5. The highest BCUT2D eigenvalue weighted by Crippen LogP contribution is 2.28. The molecule has 0 amide bonds. The smallest absolute Gasteiger partial charge is 0.243 e. The minimum atomic E-state index is -3.51. The summed E-state index contributed by atoms with van der Waals surface area (Å²) < 4.78 is 32.9. The molecule has 6 nitrogen and oxygen atoms in total. The molecule has 3 aromatic rings. The second-order valence-electron chi connectivity index (χ2n) is 6.95. The van der Waals surface area contributed by atoms with E-state index in [2.05, 4.69) is 22.2 Å². The average molecular weight is 398 g/mol. The van der Waals surface area contributed by atoms with Gasteiger partial charge in [0.1, 0.15) is 5.76 Å². The first kappa shape index (κ1) is 18.7. The molecule has 0 spiro atoms. The van der Waals surface area contributed by atoms with E-state index in [4.69, 9.17) is 4.52 Å². The van der Waals surface area contributed by atoms with Gasteiger partial charge in [0.25, 0.3) is 0 Å². The third kappa shape index (κ3) is 3.43. The molecule has 1 aromatic heterocycles. The molecule has 146 valence electrons. The van der Waals surface area contributed by atoms with Crippen molar-refractivity contribution in [2.75, 3.05) is 31.1 Å². The lowest BCUT2D eigenvalue weighted by atomic mass is 10.0. The predicted molar refractivity (Wildman–Crippen MR) is 109 cm³/mol. The topological polar surface area (TPSA) is 66.7 Å². The lowest BCUT2D eigenvalue weighted by Crippen LogP contribution is -2.48. The second kappa shape index (κ2) is 7.41. The number of aromatic nitrogens is 1. The van der Waals surface area contributed by atoms with Crippen molar-refractivity contribution in [2.45, 2.75) is 18.7 Å². The second-order valence-corrected chi connectivity index (χ2v) is 8.89. The highest BCUT2D eigenvalue weighted by molar-refractivity contribution is 7.89. The van der Waals surface area contributed by atoms with E-state index in [-0.39, 0.29) is 0 Å². The molecule has 28 heavy (non-hydrogen) atoms. The lowest BCUT2D eigenvalue weighted by molar-refractivity contribution is 0.385. The molecule has 2 aromatic carbocycles. The van der Waals surface area contributed by atoms with Gasteiger partial charge >= 0.3 is 0 Å². The van der Waals surface area contributed by atoms with Crippen LogP contribution < -0.4 is 4.90 Å². The quantitative estimate of drug-likeness (QED) is 0.674. The summed E-state index contributed by atoms with van der Waals surface area (Å²) >= 11 is 0. The summed E-state index contributed by atoms with van der Waals surface area (Å²) in [5, 5.41) is 3.96. The fraction of sp³-hybridized carbons (Fsp3) is 0.286. The number of para-hydroxylation sites is 1. The van der Waals surface area contributed by atoms with Crippen molar-refractivity contribution < 1.29 is 12.9 Å². The number of nitrogens with zero attached hydrogens (tertiary/aromatic N) is 3. The molecule has 4 rings (SSSR count). The van der Waals surface area contributed by atoms with E-state index in [1.165, 1.54) is 0 Å². The Balaban J connectivity index is 1.50. The van der Waals surface area contributed by atoms with Crippen molar-refractivity contribution in [1.29, 1.82) is 0 Å². The van der Waals surface area contributed by atoms with E-state index in [0.717, 1.165) is 28.3 Å². The Morgan fingerprint density at radius 1 is 0.893 bits per heavy atom. The minimum absolute atomic E-state index is 0.316. The molecule has 0 unspecified atom stereocenters. The van der Waals surface area contributed by atoms with Crippen LogP contribution in [-0.2, 0) is 10.0 Å². The van der Waals surface area contributed by atoms with Gasteiger partial charge in [0.2, 0.25) is 10.0 Å². The van der Waals surface area contributed by atoms with Gasteiger partial charge in [-0.3, -0.25) is 0 Å². The Hall–Kier alpha value is -2.64. The summed E-state index contributed by atoms with van der Waals surface area (Å²) in [6, 6.07) is 17.1. The van der Waals surface area contributed by atoms with E-state index < -0.39 is 10.0 Å². The van der Waals surface area contributed by atoms with Crippen molar-refractivity contribution in [2.24, 2.45) is 0 Å². The summed E-state index contributed by atoms with van der Waals surface area (Å²) in [6.07, 6.45) is 0. The zero-order valence-corrected chi connectivity index (χ0v) is 16.8. The summed E-state index contributed by atoms with van der Waals surface area (Å²) in [6.45, 7) is 6.04. The number of rotatable bonds is 4. The van der Waals surface area contributed by atoms with Crippen LogP contribution in [0.5, 0.6) is 0 Å². The summed E-state index contributed by atoms with van der Waals surface area (Å²) in [4.78, 5) is 2.53. The number of benzene rings is 2. The molecule has 0 saturated carbocycles. The number of aryl methyl sites for hydroxylation is 2. The molecule has 0 aliphatic carbocycles. The summed E-state index contributed by atoms with van der Waals surface area (Å²) in [7, 11) is -3.51. The summed E-state index contributed by atoms with van der Waals surface area (Å²) in [5.41, 5.74) is 3.75. The molecule has 1 fully saturated rings. The molecule has 1 aliphatic rings. The molecule has 0 atom stereocenters. The molecule has 7 heteroatoms. The molecule has 1 saturated heterocycles. The first-order valence-corrected chi connectivity index (χ1v) is 10.7. The Morgan fingerprint density at radius 2 is 1.54 bits per heavy atom. The highest BCUT2D eigenvalue weighted by atomic mass is 32.2. The predicted octanol–water partition coefficient (Wildman–Crippen LogP) is 3.47. The van der Waals surface area contributed by atoms with Gasteiger partial charge in [-0.15, -0.1) is 0 Å². The number of hydrogen-bond donors (Lipinski definition) is 0. The van der Waals surface area contributed by atoms with Crippen molar-refractivity contribution in [3.63, 3.8) is 0 Å². The van der Waals surface area contributed by atoms with Gasteiger partial charge < -0.3 is 9.42 Å². The largest absolute Gasteiger partial charge is 0.369 e. The molecule has 0 radical (unpaired) electrons. The van der Waals surface area contributed by atoms with Crippen LogP contribution in [0.4, 0.5) is 5.69 Å². The SMILES string of the molecule is Cc1noc(C)c1-c1ccc(S(=O)(=O)N2CCN(c3ccccc3)CC2)cc1. The lowest BCUT2D eigenvalue weighted by Gasteiger charge is -2.35. The van der Waals surface area contributed by atoms with Crippen LogP contribution in [0.15, 0.2) is 64.0 Å². The third-order valence-corrected chi connectivity index (χ3v) is 7.09. The molecule has 1 aliphatic heterocycles. The van der Waals surface area contributed by atoms with Crippen molar-refractivity contribution in [3.8, 4) is 11.1 Å². The maximum absolute atomic E-state index is 13.0. The van der Waals surface area contributed by atoms with Crippen LogP contribution in [0.1, 0.15) is 11.5 Å². The van der Waals surface area contributed by atoms with Crippen molar-refractivity contribution in [3.05, 3.63) is 66.1 Å². The van der Waals surface area contributed by atoms with E-state index in [1.54, 1.807) is 16.4 Å². The minimum Gasteiger partial charge on any atom is -0.369 e. The fourth-order valence-corrected chi connectivity index (χ4v) is 5.09. The van der Waals surface area contributed by atoms with Crippen molar-refractivity contribution in [1.82, 2.24) is 9.46 Å². The van der Waals surface area contributed by atoms with Gasteiger partial charge in [-0.1, -0.05) is 35.5 Å². The molecular weight excluding hydrogens is 374 g/mol. The van der Waals surface area contributed by atoms with Gasteiger partial charge in [-0.05, 0) is 43.7 Å². The van der Waals surface area contributed by atoms with Crippen LogP contribution in [0.25, 0.3) is 11.1 Å². The number of hydrogen-bond acceptors (Lipinski definition) is 5. The van der Waals surface area contributed by atoms with Crippen LogP contribution in [-0.4, -0.2) is 44.1 Å². The van der Waals surface area contributed by atoms with Gasteiger partial charge in [0.15, 0.2) is 0 Å². The van der Waals surface area contributed by atoms with E-state index in [9.17, 15) is 8.42 Å². The Labute approximate surface area is 165 Å². The monoisotopic (exact) mass is 397 g/mol. The highest BCUT2D eigenvalue weighted by Gasteiger charge is 2.28. The number of sulfonamides is 1. The maximum Gasteiger partial charge on any atom is 0.243 e. The Morgan fingerprint density at radius 3 is 2.11 bits per heavy atom. The van der Waals surface area contributed by atoms with Gasteiger partial charge in [0.05, 0.1) is 10.6 Å². The van der Waals surface area contributed by atoms with E-state index >= 15 is 0 Å². The fourth-order valence-electron chi connectivity index (χ4n) is 3.66. The summed E-state index contributed by atoms with van der Waals surface area (Å²) in [5.74, 6) is 0.727. The van der Waals surface area contributed by atoms with E-state index in [0.29, 0.717) is 31.1 Å². The van der Waals surface area contributed by atoms with E-state index in [1.807, 2.05) is 44.2 Å². The van der Waals surface area contributed by atoms with Gasteiger partial charge in [-0.2, -0.15) is 4.31 Å². The molecule has 0 N–H and O–H groups in total. The number of anilines is 1. The zero-order valence-electron chi connectivity index (χ0n) is 16.0. The first-order valence-electron chi connectivity index (χ1n) is 9.30. The average Bonchev–Trinajstić information content (AvgIpc) is 3.07. The number of piperazine rings is 1. The van der Waals surface area contributed by atoms with Crippen LogP contribution >= 0.6 is 0 Å². The van der Waals surface area contributed by atoms with Crippen LogP contribution in [0.3, 0.4) is 0 Å². The van der Waals surface area contributed by atoms with Crippen molar-refractivity contribution >= 4 is 15.7 Å². The van der Waals surface area contributed by atoms with Crippen LogP contribution in [0.2, 0.25) is 0 Å². The van der Waals surface area contributed by atoms with Crippen LogP contribution in [0, 0.1) is 13.8 Å². The Kier molecular flexibility index (Phi) is 4.95. The van der Waals surface area contributed by atoms with Gasteiger partial charge in [0, 0.05) is 37.4 Å². The Bertz CT molecular complexity index is 1030. The molecule has 2 heterocycles. The normalized spacial score (nSPS) is 15.7. The third-order valence-electron chi connectivity index (χ3n) is 5.17. The standard InChI is InChI=1S/C21H23N3O3S/c1-16-21(17(2)27-22-16)18-8-10-20(11-9-18)28(25,26)24-14-12-23(13-15-24)19-6-4-3-5-7-19/h3-11H,12-15H2,1-2H3. The van der Waals surface area contributed by atoms with Gasteiger partial charge in [-0.25, -0.2) is 8.42 Å². The molecular formula is C21H23N3O3S.